The molecule has 1 aliphatic heterocycles. The Morgan fingerprint density at radius 2 is 1.84 bits per heavy atom. The molecule has 0 unspecified atom stereocenters. The highest BCUT2D eigenvalue weighted by molar-refractivity contribution is 7.89. The van der Waals surface area contributed by atoms with Crippen molar-refractivity contribution in [1.29, 1.82) is 0 Å². The van der Waals surface area contributed by atoms with Crippen molar-refractivity contribution in [2.75, 3.05) is 32.8 Å². The first kappa shape index (κ1) is 28.4. The zero-order valence-electron chi connectivity index (χ0n) is 22.2. The van der Waals surface area contributed by atoms with Crippen LogP contribution in [0.15, 0.2) is 23.1 Å². The SMILES string of the molecule is CCOC(CNC(=O)C1CCN(S(=O)(=O)c2ccc3nc4c(c(C(=O)O)c3c2)C[C@H](C)CC4)CC1)OCC. The number of benzene rings is 1. The van der Waals surface area contributed by atoms with Gasteiger partial charge in [-0.1, -0.05) is 6.92 Å². The van der Waals surface area contributed by atoms with Crippen molar-refractivity contribution in [1.82, 2.24) is 14.6 Å². The Labute approximate surface area is 223 Å². The number of aromatic carboxylic acids is 1. The van der Waals surface area contributed by atoms with E-state index in [-0.39, 0.29) is 41.9 Å². The molecule has 4 rings (SSSR count). The van der Waals surface area contributed by atoms with Gasteiger partial charge in [0.1, 0.15) is 0 Å². The van der Waals surface area contributed by atoms with Gasteiger partial charge in [-0.25, -0.2) is 13.2 Å². The summed E-state index contributed by atoms with van der Waals surface area (Å²) < 4.78 is 39.3. The van der Waals surface area contributed by atoms with Crippen LogP contribution in [0.2, 0.25) is 0 Å². The molecule has 1 saturated heterocycles. The molecule has 10 nitrogen and oxygen atoms in total. The number of hydrogen-bond donors (Lipinski definition) is 2. The number of rotatable bonds is 10. The quantitative estimate of drug-likeness (QED) is 0.434. The van der Waals surface area contributed by atoms with E-state index >= 15 is 0 Å². The molecular weight excluding hydrogens is 510 g/mol. The minimum absolute atomic E-state index is 0.0391. The van der Waals surface area contributed by atoms with Crippen LogP contribution in [0.25, 0.3) is 10.9 Å². The Kier molecular flexibility index (Phi) is 9.02. The number of pyridine rings is 1. The van der Waals surface area contributed by atoms with Gasteiger partial charge in [0.05, 0.1) is 22.5 Å². The van der Waals surface area contributed by atoms with Gasteiger partial charge in [-0.15, -0.1) is 0 Å². The Balaban J connectivity index is 1.49. The molecule has 0 saturated carbocycles. The molecule has 0 spiro atoms. The van der Waals surface area contributed by atoms with Crippen LogP contribution in [0.1, 0.15) is 61.6 Å². The number of hydrogen-bond acceptors (Lipinski definition) is 7. The van der Waals surface area contributed by atoms with Crippen molar-refractivity contribution in [3.05, 3.63) is 35.0 Å². The number of aromatic nitrogens is 1. The van der Waals surface area contributed by atoms with Crippen molar-refractivity contribution in [3.8, 4) is 0 Å². The van der Waals surface area contributed by atoms with Gasteiger partial charge in [-0.3, -0.25) is 9.78 Å². The van der Waals surface area contributed by atoms with Gasteiger partial charge in [0, 0.05) is 43.3 Å². The smallest absolute Gasteiger partial charge is 0.336 e. The normalized spacial score (nSPS) is 19.0. The molecule has 1 aliphatic carbocycles. The number of sulfonamides is 1. The van der Waals surface area contributed by atoms with Crippen LogP contribution in [0.3, 0.4) is 0 Å². The van der Waals surface area contributed by atoms with Crippen LogP contribution < -0.4 is 5.32 Å². The van der Waals surface area contributed by atoms with E-state index in [2.05, 4.69) is 17.2 Å². The summed E-state index contributed by atoms with van der Waals surface area (Å²) in [4.78, 5) is 29.7. The molecule has 0 radical (unpaired) electrons. The zero-order chi connectivity index (χ0) is 27.4. The number of piperidine rings is 1. The fraction of sp³-hybridized carbons (Fsp3) is 0.593. The first-order valence-electron chi connectivity index (χ1n) is 13.4. The fourth-order valence-electron chi connectivity index (χ4n) is 5.37. The molecule has 208 valence electrons. The number of ether oxygens (including phenoxy) is 2. The van der Waals surface area contributed by atoms with E-state index < -0.39 is 22.3 Å². The maximum absolute atomic E-state index is 13.5. The topological polar surface area (TPSA) is 135 Å². The summed E-state index contributed by atoms with van der Waals surface area (Å²) in [5.41, 5.74) is 2.14. The van der Waals surface area contributed by atoms with Crippen LogP contribution in [-0.2, 0) is 37.1 Å². The molecule has 38 heavy (non-hydrogen) atoms. The third-order valence-corrected chi connectivity index (χ3v) is 9.29. The minimum atomic E-state index is -3.88. The van der Waals surface area contributed by atoms with Crippen LogP contribution in [-0.4, -0.2) is 73.8 Å². The third kappa shape index (κ3) is 6.01. The second kappa shape index (κ2) is 12.1. The number of carbonyl (C=O) groups excluding carboxylic acids is 1. The van der Waals surface area contributed by atoms with Gasteiger partial charge < -0.3 is 19.9 Å². The van der Waals surface area contributed by atoms with Crippen LogP contribution in [0.5, 0.6) is 0 Å². The van der Waals surface area contributed by atoms with E-state index in [1.165, 1.54) is 16.4 Å². The predicted octanol–water partition coefficient (Wildman–Crippen LogP) is 2.97. The van der Waals surface area contributed by atoms with Gasteiger partial charge in [-0.05, 0) is 75.6 Å². The Morgan fingerprint density at radius 1 is 1.16 bits per heavy atom. The van der Waals surface area contributed by atoms with Gasteiger partial charge >= 0.3 is 5.97 Å². The van der Waals surface area contributed by atoms with Crippen molar-refractivity contribution >= 4 is 32.8 Å². The highest BCUT2D eigenvalue weighted by Gasteiger charge is 2.33. The van der Waals surface area contributed by atoms with Crippen molar-refractivity contribution in [2.24, 2.45) is 11.8 Å². The number of carboxylic acid groups (broad SMARTS) is 1. The number of fused-ring (bicyclic) bond motifs is 2. The van der Waals surface area contributed by atoms with Gasteiger partial charge in [0.2, 0.25) is 15.9 Å². The fourth-order valence-corrected chi connectivity index (χ4v) is 6.87. The maximum atomic E-state index is 13.5. The molecular formula is C27H37N3O7S. The average molecular weight is 548 g/mol. The maximum Gasteiger partial charge on any atom is 0.336 e. The molecule has 1 aromatic heterocycles. The highest BCUT2D eigenvalue weighted by atomic mass is 32.2. The molecule has 1 fully saturated rings. The van der Waals surface area contributed by atoms with Gasteiger partial charge in [0.15, 0.2) is 6.29 Å². The number of carboxylic acids is 1. The van der Waals surface area contributed by atoms with Crippen molar-refractivity contribution in [3.63, 3.8) is 0 Å². The lowest BCUT2D eigenvalue weighted by molar-refractivity contribution is -0.142. The van der Waals surface area contributed by atoms with E-state index in [0.29, 0.717) is 61.3 Å². The number of nitrogens with one attached hydrogen (secondary N) is 1. The Bertz CT molecular complexity index is 1280. The molecule has 1 amide bonds. The second-order valence-electron chi connectivity index (χ2n) is 10.0. The number of carbonyl (C=O) groups is 2. The second-order valence-corrected chi connectivity index (χ2v) is 11.9. The molecule has 0 bridgehead atoms. The summed E-state index contributed by atoms with van der Waals surface area (Å²) in [6, 6.07) is 4.54. The Morgan fingerprint density at radius 3 is 2.47 bits per heavy atom. The van der Waals surface area contributed by atoms with Crippen LogP contribution in [0.4, 0.5) is 0 Å². The van der Waals surface area contributed by atoms with Gasteiger partial charge in [-0.2, -0.15) is 4.31 Å². The minimum Gasteiger partial charge on any atom is -0.478 e. The van der Waals surface area contributed by atoms with E-state index in [0.717, 1.165) is 12.1 Å². The number of aryl methyl sites for hydroxylation is 1. The summed E-state index contributed by atoms with van der Waals surface area (Å²) in [7, 11) is -3.88. The number of amides is 1. The standard InChI is InChI=1S/C27H37N3O7S/c1-4-36-24(37-5-2)16-28-26(31)18-10-12-30(13-11-18)38(34,35)19-7-9-23-21(15-19)25(27(32)33)20-14-17(3)6-8-22(20)29-23/h7,9,15,17-18,24H,4-6,8,10-14,16H2,1-3H3,(H,28,31)(H,32,33)/t17-/m1/s1. The van der Waals surface area contributed by atoms with Crippen LogP contribution >= 0.6 is 0 Å². The van der Waals surface area contributed by atoms with E-state index in [1.807, 2.05) is 13.8 Å². The van der Waals surface area contributed by atoms with Gasteiger partial charge in [0.25, 0.3) is 0 Å². The molecule has 1 atom stereocenters. The molecule has 2 heterocycles. The third-order valence-electron chi connectivity index (χ3n) is 7.39. The lowest BCUT2D eigenvalue weighted by Gasteiger charge is -2.31. The van der Waals surface area contributed by atoms with E-state index in [9.17, 15) is 23.1 Å². The Hall–Kier alpha value is -2.60. The average Bonchev–Trinajstić information content (AvgIpc) is 2.90. The summed E-state index contributed by atoms with van der Waals surface area (Å²) in [5, 5.41) is 13.2. The summed E-state index contributed by atoms with van der Waals surface area (Å²) in [6.07, 6.45) is 2.54. The molecule has 2 aromatic rings. The monoisotopic (exact) mass is 547 g/mol. The molecule has 11 heteroatoms. The summed E-state index contributed by atoms with van der Waals surface area (Å²) >= 11 is 0. The first-order valence-corrected chi connectivity index (χ1v) is 14.8. The number of nitrogens with zero attached hydrogens (tertiary/aromatic N) is 2. The van der Waals surface area contributed by atoms with Crippen molar-refractivity contribution in [2.45, 2.75) is 64.1 Å². The lowest BCUT2D eigenvalue weighted by Crippen LogP contribution is -2.44. The van der Waals surface area contributed by atoms with E-state index in [1.54, 1.807) is 6.07 Å². The molecule has 1 aromatic carbocycles. The predicted molar refractivity (Wildman–Crippen MR) is 141 cm³/mol. The first-order chi connectivity index (χ1) is 18.1. The highest BCUT2D eigenvalue weighted by Crippen LogP contribution is 2.33. The summed E-state index contributed by atoms with van der Waals surface area (Å²) in [5.74, 6) is -1.18. The molecule has 2 N–H and O–H groups in total. The largest absolute Gasteiger partial charge is 0.478 e. The van der Waals surface area contributed by atoms with Crippen molar-refractivity contribution < 1.29 is 32.6 Å². The van der Waals surface area contributed by atoms with Crippen LogP contribution in [0, 0.1) is 11.8 Å². The van der Waals surface area contributed by atoms with E-state index in [4.69, 9.17) is 9.47 Å². The summed E-state index contributed by atoms with van der Waals surface area (Å²) in [6.45, 7) is 7.36. The molecule has 2 aliphatic rings. The lowest BCUT2D eigenvalue weighted by atomic mass is 9.84. The zero-order valence-corrected chi connectivity index (χ0v) is 23.1.